The number of Topliss-reactive ketones (excluding diaryl/α,β-unsaturated/α-hetero) is 2. The van der Waals surface area contributed by atoms with Gasteiger partial charge in [-0.15, -0.1) is 0 Å². The van der Waals surface area contributed by atoms with Gasteiger partial charge in [-0.05, 0) is 228 Å². The third kappa shape index (κ3) is 9.06. The first-order chi connectivity index (χ1) is 39.9. The van der Waals surface area contributed by atoms with Gasteiger partial charge in [0.2, 0.25) is 0 Å². The highest BCUT2D eigenvalue weighted by Crippen LogP contribution is 2.73. The summed E-state index contributed by atoms with van der Waals surface area (Å²) >= 11 is 0. The molecule has 11 saturated carbocycles. The minimum atomic E-state index is -0.482. The summed E-state index contributed by atoms with van der Waals surface area (Å²) in [5, 5.41) is 34.5. The summed E-state index contributed by atoms with van der Waals surface area (Å²) in [5.74, 6) is 5.67. The molecule has 84 heavy (non-hydrogen) atoms. The van der Waals surface area contributed by atoms with Crippen LogP contribution in [-0.4, -0.2) is 121 Å². The Bertz CT molecular complexity index is 2530. The minimum Gasteiger partial charge on any atom is -0.393 e. The Balaban J connectivity index is 0.000000113. The monoisotopic (exact) mass is 1170 g/mol. The smallest absolute Gasteiger partial charge is 0.172 e. The quantitative estimate of drug-likeness (QED) is 0.229. The van der Waals surface area contributed by atoms with E-state index < -0.39 is 17.4 Å². The maximum Gasteiger partial charge on any atom is 0.172 e. The number of ether oxygens (including phenoxy) is 8. The van der Waals surface area contributed by atoms with Crippen molar-refractivity contribution >= 4 is 11.6 Å². The van der Waals surface area contributed by atoms with E-state index >= 15 is 0 Å². The second-order valence-corrected chi connectivity index (χ2v) is 33.4. The van der Waals surface area contributed by atoms with Crippen LogP contribution in [0.5, 0.6) is 0 Å². The normalized spacial score (nSPS) is 53.0. The zero-order chi connectivity index (χ0) is 58.8. The zero-order valence-electron chi connectivity index (χ0n) is 53.2. The summed E-state index contributed by atoms with van der Waals surface area (Å²) in [4.78, 5) is 24.1. The lowest BCUT2D eigenvalue weighted by atomic mass is 9.43. The van der Waals surface area contributed by atoms with Crippen molar-refractivity contribution in [3.05, 3.63) is 11.6 Å². The molecule has 0 aromatic carbocycles. The van der Waals surface area contributed by atoms with Crippen LogP contribution < -0.4 is 0 Å². The Morgan fingerprint density at radius 3 is 1.50 bits per heavy atom. The number of ketones is 2. The number of aliphatic hydroxyl groups is 3. The Kier molecular flexibility index (Phi) is 15.1. The van der Waals surface area contributed by atoms with Gasteiger partial charge in [0.1, 0.15) is 11.6 Å². The van der Waals surface area contributed by atoms with E-state index in [2.05, 4.69) is 61.5 Å². The summed E-state index contributed by atoms with van der Waals surface area (Å²) in [5.41, 5.74) is 2.03. The average Bonchev–Trinajstić information content (AvgIpc) is 1.40. The summed E-state index contributed by atoms with van der Waals surface area (Å²) in [7, 11) is 0. The van der Waals surface area contributed by atoms with Crippen molar-refractivity contribution in [2.75, 3.05) is 52.9 Å². The van der Waals surface area contributed by atoms with Crippen molar-refractivity contribution in [3.63, 3.8) is 0 Å². The topological polar surface area (TPSA) is 169 Å². The molecule has 15 fully saturated rings. The molecule has 16 rings (SSSR count). The van der Waals surface area contributed by atoms with Gasteiger partial charge in [-0.1, -0.05) is 53.2 Å². The number of aliphatic hydroxyl groups excluding tert-OH is 3. The molecular weight excluding hydrogens is 1060 g/mol. The highest BCUT2D eigenvalue weighted by molar-refractivity contribution is 5.80. The van der Waals surface area contributed by atoms with Crippen molar-refractivity contribution in [3.8, 4) is 0 Å². The molecule has 3 N–H and O–H groups in total. The fourth-order valence-corrected chi connectivity index (χ4v) is 26.6. The van der Waals surface area contributed by atoms with E-state index in [1.54, 1.807) is 6.92 Å². The SMILES string of the molecule is CC(=O)[C@H]1CC[C@H]2[C@@H]3CCC4CC(=O)CC[C@]4(C)[C@H]3[C@@H](O)C[C@]12C.CC1([C@H]2CC[C@H]3[C@@H]4CC=C5CC6(CC[C@]5(C)[C@H]4[C@@H](O)C[C@]23C)OCCO6)OCCO1.CC1([C@H]2CC[C@H]3[C@@H]4CCC5CC6(CC[C@]5(C)[C@H]4[C@@H](O)C[C@]23C)OCCO6)OCCO1. The van der Waals surface area contributed by atoms with Gasteiger partial charge in [0.25, 0.3) is 0 Å². The molecule has 0 amide bonds. The van der Waals surface area contributed by atoms with Gasteiger partial charge in [-0.3, -0.25) is 9.59 Å². The Morgan fingerprint density at radius 1 is 0.464 bits per heavy atom. The number of carbonyl (C=O) groups excluding carboxylic acids is 2. The molecule has 13 heteroatoms. The van der Waals surface area contributed by atoms with Crippen LogP contribution in [0.3, 0.4) is 0 Å². The molecule has 4 saturated heterocycles. The second kappa shape index (κ2) is 21.1. The fourth-order valence-electron chi connectivity index (χ4n) is 26.6. The van der Waals surface area contributed by atoms with Gasteiger partial charge in [-0.2, -0.15) is 0 Å². The van der Waals surface area contributed by atoms with Crippen molar-refractivity contribution in [1.82, 2.24) is 0 Å². The van der Waals surface area contributed by atoms with Crippen molar-refractivity contribution in [1.29, 1.82) is 0 Å². The first-order valence-electron chi connectivity index (χ1n) is 34.7. The molecule has 16 aliphatic rings. The number of hydrogen-bond acceptors (Lipinski definition) is 13. The average molecular weight is 1170 g/mol. The first-order valence-corrected chi connectivity index (χ1v) is 34.7. The number of hydrogen-bond donors (Lipinski definition) is 3. The molecule has 23 atom stereocenters. The maximum absolute atomic E-state index is 12.2. The van der Waals surface area contributed by atoms with E-state index in [9.17, 15) is 24.9 Å². The van der Waals surface area contributed by atoms with Gasteiger partial charge in [-0.25, -0.2) is 0 Å². The summed E-state index contributed by atoms with van der Waals surface area (Å²) in [6, 6.07) is 0. The maximum atomic E-state index is 12.2. The molecule has 2 spiro atoms. The van der Waals surface area contributed by atoms with Crippen molar-refractivity contribution < 1.29 is 62.8 Å². The largest absolute Gasteiger partial charge is 0.393 e. The van der Waals surface area contributed by atoms with Crippen molar-refractivity contribution in [2.24, 2.45) is 115 Å². The predicted molar refractivity (Wildman–Crippen MR) is 315 cm³/mol. The molecule has 0 bridgehead atoms. The molecule has 472 valence electrons. The van der Waals surface area contributed by atoms with Gasteiger partial charge in [0, 0.05) is 56.3 Å². The van der Waals surface area contributed by atoms with Gasteiger partial charge in [0.15, 0.2) is 23.1 Å². The van der Waals surface area contributed by atoms with Gasteiger partial charge >= 0.3 is 0 Å². The first kappa shape index (κ1) is 60.2. The van der Waals surface area contributed by atoms with Crippen LogP contribution >= 0.6 is 0 Å². The Labute approximate surface area is 503 Å². The third-order valence-electron chi connectivity index (χ3n) is 30.2. The highest BCUT2D eigenvalue weighted by Gasteiger charge is 2.70. The number of fused-ring (bicyclic) bond motifs is 15. The Morgan fingerprint density at radius 2 is 0.929 bits per heavy atom. The van der Waals surface area contributed by atoms with E-state index in [1.165, 1.54) is 37.7 Å². The number of allylic oxidation sites excluding steroid dienone is 1. The predicted octanol–water partition coefficient (Wildman–Crippen LogP) is 11.9. The van der Waals surface area contributed by atoms with Crippen molar-refractivity contribution in [2.45, 2.75) is 251 Å². The Hall–Kier alpha value is -1.36. The van der Waals surface area contributed by atoms with Crippen LogP contribution in [0, 0.1) is 115 Å². The fraction of sp³-hybridized carbons (Fsp3) is 0.944. The van der Waals surface area contributed by atoms with E-state index in [0.717, 1.165) is 122 Å². The van der Waals surface area contributed by atoms with Crippen LogP contribution in [-0.2, 0) is 47.5 Å². The standard InChI is InChI=1S/C25H40O5.C25H38O5.C21H32O3/c2*1-22-8-9-25(29-12-13-30-25)14-16(22)4-5-17-18-6-7-20(24(3)27-10-11-28-24)23(18,2)15-19(26)21(17)22;1-12(22)16-6-7-17-15-5-4-13-10-14(23)8-9-20(13,2)19(15)18(24)11-21(16,17)3/h16-21,26H,4-15H2,1-3H3;4,17-21,26H,5-15H2,1-3H3;13,15-19,24H,4-11H2,1-3H3/t16?,17-,18-,19-,20-,21+,22-,23-;17-,18-,19-,20-,21+,22-,23-;13?,15-,16+,17-,18-,19+,20-,21+/m000/s1. The molecule has 0 aromatic heterocycles. The molecule has 4 aliphatic heterocycles. The molecule has 0 radical (unpaired) electrons. The molecule has 4 heterocycles. The molecule has 0 aromatic rings. The van der Waals surface area contributed by atoms with Crippen LogP contribution in [0.15, 0.2) is 11.6 Å². The second-order valence-electron chi connectivity index (χ2n) is 33.4. The van der Waals surface area contributed by atoms with Gasteiger partial charge in [0.05, 0.1) is 71.2 Å². The summed E-state index contributed by atoms with van der Waals surface area (Å²) in [6.45, 7) is 26.1. The number of carbonyl (C=O) groups is 2. The third-order valence-corrected chi connectivity index (χ3v) is 30.2. The zero-order valence-corrected chi connectivity index (χ0v) is 53.2. The number of rotatable bonds is 3. The lowest BCUT2D eigenvalue weighted by Crippen LogP contribution is -2.61. The minimum absolute atomic E-state index is 0.0138. The molecular formula is C71H110O13. The van der Waals surface area contributed by atoms with Gasteiger partial charge < -0.3 is 53.2 Å². The summed E-state index contributed by atoms with van der Waals surface area (Å²) in [6.07, 6.45) is 25.4. The van der Waals surface area contributed by atoms with E-state index in [1.807, 2.05) is 0 Å². The van der Waals surface area contributed by atoms with Crippen LogP contribution in [0.25, 0.3) is 0 Å². The highest BCUT2D eigenvalue weighted by atomic mass is 16.8. The lowest BCUT2D eigenvalue weighted by Gasteiger charge is -2.63. The lowest BCUT2D eigenvalue weighted by molar-refractivity contribution is -0.254. The van der Waals surface area contributed by atoms with Crippen LogP contribution in [0.1, 0.15) is 210 Å². The molecule has 2 unspecified atom stereocenters. The van der Waals surface area contributed by atoms with Crippen LogP contribution in [0.4, 0.5) is 0 Å². The van der Waals surface area contributed by atoms with Crippen LogP contribution in [0.2, 0.25) is 0 Å². The van der Waals surface area contributed by atoms with E-state index in [-0.39, 0.29) is 62.5 Å². The summed E-state index contributed by atoms with van der Waals surface area (Å²) < 4.78 is 48.8. The molecule has 13 nitrogen and oxygen atoms in total. The van der Waals surface area contributed by atoms with E-state index in [0.29, 0.717) is 135 Å². The molecule has 12 aliphatic carbocycles. The van der Waals surface area contributed by atoms with E-state index in [4.69, 9.17) is 37.9 Å².